The first-order valence-corrected chi connectivity index (χ1v) is 3.57. The summed E-state index contributed by atoms with van der Waals surface area (Å²) in [5.41, 5.74) is 17.6. The maximum atomic E-state index is 7.17. The summed E-state index contributed by atoms with van der Waals surface area (Å²) in [7, 11) is 0. The van der Waals surface area contributed by atoms with Gasteiger partial charge in [0, 0.05) is 5.56 Å². The molecule has 0 saturated heterocycles. The third-order valence-corrected chi connectivity index (χ3v) is 1.58. The van der Waals surface area contributed by atoms with E-state index >= 15 is 0 Å². The molecule has 0 spiro atoms. The van der Waals surface area contributed by atoms with Crippen LogP contribution in [0.2, 0.25) is 0 Å². The van der Waals surface area contributed by atoms with Gasteiger partial charge in [0.25, 0.3) is 0 Å². The van der Waals surface area contributed by atoms with Gasteiger partial charge >= 0.3 is 0 Å². The smallest absolute Gasteiger partial charge is 0.122 e. The predicted molar refractivity (Wildman–Crippen MR) is 48.6 cm³/mol. The Kier molecular flexibility index (Phi) is 2.42. The molecule has 0 saturated carbocycles. The highest BCUT2D eigenvalue weighted by Gasteiger charge is 2.01. The van der Waals surface area contributed by atoms with E-state index in [9.17, 15) is 0 Å². The highest BCUT2D eigenvalue weighted by molar-refractivity contribution is 5.95. The van der Waals surface area contributed by atoms with Crippen molar-refractivity contribution in [3.63, 3.8) is 0 Å². The second kappa shape index (κ2) is 3.34. The minimum Gasteiger partial charge on any atom is -0.384 e. The van der Waals surface area contributed by atoms with Crippen LogP contribution in [0, 0.1) is 5.41 Å². The third kappa shape index (κ3) is 1.81. The van der Waals surface area contributed by atoms with Gasteiger partial charge in [-0.3, -0.25) is 5.41 Å². The van der Waals surface area contributed by atoms with Crippen LogP contribution in [0.5, 0.6) is 0 Å². The average Bonchev–Trinajstić information content (AvgIpc) is 2.04. The van der Waals surface area contributed by atoms with Gasteiger partial charge in [-0.25, -0.2) is 0 Å². The molecule has 4 nitrogen and oxygen atoms in total. The van der Waals surface area contributed by atoms with Gasteiger partial charge in [0.2, 0.25) is 0 Å². The Balaban J connectivity index is 3.04. The van der Waals surface area contributed by atoms with E-state index in [0.717, 1.165) is 5.56 Å². The summed E-state index contributed by atoms with van der Waals surface area (Å²) in [5.74, 6) is 0.0255. The molecule has 1 aromatic rings. The van der Waals surface area contributed by atoms with Crippen molar-refractivity contribution in [3.05, 3.63) is 35.4 Å². The van der Waals surface area contributed by atoms with Crippen LogP contribution in [0.25, 0.3) is 0 Å². The van der Waals surface area contributed by atoms with Gasteiger partial charge in [0.1, 0.15) is 5.84 Å². The van der Waals surface area contributed by atoms with Crippen LogP contribution < -0.4 is 17.2 Å². The lowest BCUT2D eigenvalue weighted by Gasteiger charge is -2.06. The normalized spacial score (nSPS) is 10.2. The first-order chi connectivity index (χ1) is 5.61. The lowest BCUT2D eigenvalue weighted by atomic mass is 10.1. The van der Waals surface area contributed by atoms with Crippen LogP contribution in [0.15, 0.2) is 24.3 Å². The van der Waals surface area contributed by atoms with Crippen molar-refractivity contribution in [2.24, 2.45) is 17.2 Å². The second-order valence-corrected chi connectivity index (χ2v) is 2.56. The summed E-state index contributed by atoms with van der Waals surface area (Å²) in [4.78, 5) is 0. The second-order valence-electron chi connectivity index (χ2n) is 2.56. The lowest BCUT2D eigenvalue weighted by Crippen LogP contribution is -2.21. The lowest BCUT2D eigenvalue weighted by molar-refractivity contribution is 0.773. The molecule has 0 aromatic heterocycles. The fourth-order valence-corrected chi connectivity index (χ4v) is 0.914. The Labute approximate surface area is 70.9 Å². The van der Waals surface area contributed by atoms with E-state index < -0.39 is 6.17 Å². The van der Waals surface area contributed by atoms with Gasteiger partial charge in [-0.05, 0) is 11.6 Å². The molecule has 7 N–H and O–H groups in total. The van der Waals surface area contributed by atoms with Gasteiger partial charge in [-0.2, -0.15) is 0 Å². The van der Waals surface area contributed by atoms with Crippen molar-refractivity contribution in [2.75, 3.05) is 0 Å². The van der Waals surface area contributed by atoms with Crippen LogP contribution in [-0.2, 0) is 0 Å². The zero-order valence-electron chi connectivity index (χ0n) is 6.62. The summed E-state index contributed by atoms with van der Waals surface area (Å²) >= 11 is 0. The molecule has 0 atom stereocenters. The molecule has 0 aliphatic rings. The molecular formula is C8H12N4. The van der Waals surface area contributed by atoms with Gasteiger partial charge in [0.05, 0.1) is 6.17 Å². The molecule has 0 aliphatic heterocycles. The van der Waals surface area contributed by atoms with E-state index in [0.29, 0.717) is 5.56 Å². The van der Waals surface area contributed by atoms with E-state index in [1.807, 2.05) is 0 Å². The van der Waals surface area contributed by atoms with Crippen molar-refractivity contribution in [3.8, 4) is 0 Å². The van der Waals surface area contributed by atoms with Crippen molar-refractivity contribution in [2.45, 2.75) is 6.17 Å². The predicted octanol–water partition coefficient (Wildman–Crippen LogP) is -0.113. The van der Waals surface area contributed by atoms with Crippen molar-refractivity contribution >= 4 is 5.84 Å². The van der Waals surface area contributed by atoms with Crippen LogP contribution in [0.3, 0.4) is 0 Å². The summed E-state index contributed by atoms with van der Waals surface area (Å²) in [5, 5.41) is 7.17. The Morgan fingerprint density at radius 2 is 2.00 bits per heavy atom. The molecule has 64 valence electrons. The topological polar surface area (TPSA) is 102 Å². The number of benzene rings is 1. The van der Waals surface area contributed by atoms with E-state index in [1.54, 1.807) is 24.3 Å². The number of hydrogen-bond acceptors (Lipinski definition) is 3. The molecule has 0 heterocycles. The van der Waals surface area contributed by atoms with Crippen LogP contribution in [0.4, 0.5) is 0 Å². The van der Waals surface area contributed by atoms with Crippen LogP contribution in [-0.4, -0.2) is 5.84 Å². The highest BCUT2D eigenvalue weighted by atomic mass is 14.8. The molecule has 4 heteroatoms. The van der Waals surface area contributed by atoms with Gasteiger partial charge in [-0.1, -0.05) is 18.2 Å². The fraction of sp³-hybridized carbons (Fsp3) is 0.125. The van der Waals surface area contributed by atoms with Crippen molar-refractivity contribution in [1.82, 2.24) is 0 Å². The molecule has 0 fully saturated rings. The summed E-state index contributed by atoms with van der Waals surface area (Å²) in [6.07, 6.45) is -0.510. The quantitative estimate of drug-likeness (QED) is 0.278. The molecular weight excluding hydrogens is 152 g/mol. The first kappa shape index (κ1) is 8.70. The number of nitrogens with one attached hydrogen (secondary N) is 1. The van der Waals surface area contributed by atoms with E-state index in [-0.39, 0.29) is 5.84 Å². The summed E-state index contributed by atoms with van der Waals surface area (Å²) in [6.45, 7) is 0. The Morgan fingerprint density at radius 1 is 1.33 bits per heavy atom. The van der Waals surface area contributed by atoms with E-state index in [1.165, 1.54) is 0 Å². The number of rotatable bonds is 2. The van der Waals surface area contributed by atoms with Gasteiger partial charge in [0.15, 0.2) is 0 Å². The largest absolute Gasteiger partial charge is 0.384 e. The SMILES string of the molecule is N=C(N)c1cccc(C(N)N)c1. The van der Waals surface area contributed by atoms with Crippen molar-refractivity contribution < 1.29 is 0 Å². The summed E-state index contributed by atoms with van der Waals surface area (Å²) in [6, 6.07) is 7.04. The van der Waals surface area contributed by atoms with E-state index in [2.05, 4.69) is 0 Å². The molecule has 1 aromatic carbocycles. The van der Waals surface area contributed by atoms with Gasteiger partial charge in [-0.15, -0.1) is 0 Å². The average molecular weight is 164 g/mol. The molecule has 0 amide bonds. The number of nitrogens with two attached hydrogens (primary N) is 3. The summed E-state index contributed by atoms with van der Waals surface area (Å²) < 4.78 is 0. The van der Waals surface area contributed by atoms with Crippen LogP contribution >= 0.6 is 0 Å². The number of amidine groups is 1. The fourth-order valence-electron chi connectivity index (χ4n) is 0.914. The van der Waals surface area contributed by atoms with Crippen LogP contribution in [0.1, 0.15) is 17.3 Å². The molecule has 12 heavy (non-hydrogen) atoms. The van der Waals surface area contributed by atoms with Gasteiger partial charge < -0.3 is 17.2 Å². The molecule has 0 bridgehead atoms. The third-order valence-electron chi connectivity index (χ3n) is 1.58. The minimum absolute atomic E-state index is 0.0255. The molecule has 0 radical (unpaired) electrons. The Hall–Kier alpha value is -1.39. The number of nitrogen functional groups attached to an aromatic ring is 1. The zero-order valence-corrected chi connectivity index (χ0v) is 6.62. The highest BCUT2D eigenvalue weighted by Crippen LogP contribution is 2.07. The Bertz CT molecular complexity index is 293. The first-order valence-electron chi connectivity index (χ1n) is 3.57. The molecule has 0 unspecified atom stereocenters. The molecule has 1 rings (SSSR count). The van der Waals surface area contributed by atoms with Crippen molar-refractivity contribution in [1.29, 1.82) is 5.41 Å². The zero-order chi connectivity index (χ0) is 9.14. The maximum absolute atomic E-state index is 7.17. The minimum atomic E-state index is -0.510. The standard InChI is InChI=1S/C8H12N4/c9-7(10)5-2-1-3-6(4-5)8(11)12/h1-4,7H,9-10H2,(H3,11,12). The van der Waals surface area contributed by atoms with E-state index in [4.69, 9.17) is 22.6 Å². The monoisotopic (exact) mass is 164 g/mol. The number of hydrogen-bond donors (Lipinski definition) is 4. The Morgan fingerprint density at radius 3 is 2.50 bits per heavy atom. The molecule has 0 aliphatic carbocycles. The maximum Gasteiger partial charge on any atom is 0.122 e.